The lowest BCUT2D eigenvalue weighted by Gasteiger charge is -2.12. The summed E-state index contributed by atoms with van der Waals surface area (Å²) in [7, 11) is 3.33. The first kappa shape index (κ1) is 16.2. The van der Waals surface area contributed by atoms with Crippen LogP contribution in [0.25, 0.3) is 0 Å². The minimum absolute atomic E-state index is 0.0827. The summed E-state index contributed by atoms with van der Waals surface area (Å²) in [4.78, 5) is 4.30. The zero-order valence-electron chi connectivity index (χ0n) is 12.8. The van der Waals surface area contributed by atoms with Crippen LogP contribution >= 0.6 is 12.2 Å². The maximum atomic E-state index is 5.17. The van der Waals surface area contributed by atoms with Crippen molar-refractivity contribution in [3.8, 4) is 11.5 Å². The Bertz CT molecular complexity index is 582. The van der Waals surface area contributed by atoms with E-state index in [1.165, 1.54) is 11.1 Å². The van der Waals surface area contributed by atoms with E-state index in [-0.39, 0.29) is 6.04 Å². The summed E-state index contributed by atoms with van der Waals surface area (Å²) in [6.07, 6.45) is 1.64. The van der Waals surface area contributed by atoms with Crippen LogP contribution in [0.15, 0.2) is 53.5 Å². The molecule has 0 bridgehead atoms. The van der Waals surface area contributed by atoms with E-state index in [1.807, 2.05) is 24.3 Å². The van der Waals surface area contributed by atoms with Crippen molar-refractivity contribution in [3.63, 3.8) is 0 Å². The van der Waals surface area contributed by atoms with E-state index >= 15 is 0 Å². The Morgan fingerprint density at radius 1 is 0.864 bits per heavy atom. The van der Waals surface area contributed by atoms with Crippen molar-refractivity contribution in [2.45, 2.75) is 18.9 Å². The molecule has 114 valence electrons. The summed E-state index contributed by atoms with van der Waals surface area (Å²) in [5, 5.41) is 2.51. The van der Waals surface area contributed by atoms with Crippen LogP contribution in [0.4, 0.5) is 0 Å². The van der Waals surface area contributed by atoms with Gasteiger partial charge in [-0.05, 0) is 60.5 Å². The Labute approximate surface area is 136 Å². The molecule has 0 saturated heterocycles. The highest BCUT2D eigenvalue weighted by molar-refractivity contribution is 7.78. The topological polar surface area (TPSA) is 30.8 Å². The predicted octanol–water partition coefficient (Wildman–Crippen LogP) is 3.96. The smallest absolute Gasteiger partial charge is 0.118 e. The van der Waals surface area contributed by atoms with Gasteiger partial charge in [-0.2, -0.15) is 0 Å². The van der Waals surface area contributed by atoms with E-state index in [0.29, 0.717) is 0 Å². The van der Waals surface area contributed by atoms with Gasteiger partial charge in [0.2, 0.25) is 0 Å². The number of aliphatic imine (C=N–C) groups is 1. The Balaban J connectivity index is 2.06. The Hall–Kier alpha value is -2.16. The first-order chi connectivity index (χ1) is 10.7. The average molecular weight is 313 g/mol. The van der Waals surface area contributed by atoms with Crippen LogP contribution in [0, 0.1) is 0 Å². The van der Waals surface area contributed by atoms with Crippen LogP contribution in [0.3, 0.4) is 0 Å². The van der Waals surface area contributed by atoms with Crippen molar-refractivity contribution in [2.24, 2.45) is 4.99 Å². The lowest BCUT2D eigenvalue weighted by Crippen LogP contribution is -2.12. The summed E-state index contributed by atoms with van der Waals surface area (Å²) in [6, 6.07) is 16.1. The first-order valence-electron chi connectivity index (χ1n) is 7.08. The highest BCUT2D eigenvalue weighted by Crippen LogP contribution is 2.17. The molecule has 22 heavy (non-hydrogen) atoms. The van der Waals surface area contributed by atoms with Gasteiger partial charge >= 0.3 is 0 Å². The highest BCUT2D eigenvalue weighted by atomic mass is 32.1. The molecule has 2 aromatic rings. The first-order valence-corrected chi connectivity index (χ1v) is 7.49. The van der Waals surface area contributed by atoms with Crippen molar-refractivity contribution >= 4 is 17.4 Å². The summed E-state index contributed by atoms with van der Waals surface area (Å²) < 4.78 is 10.3. The Morgan fingerprint density at radius 2 is 1.27 bits per heavy atom. The number of ether oxygens (including phenoxy) is 2. The maximum Gasteiger partial charge on any atom is 0.118 e. The van der Waals surface area contributed by atoms with E-state index in [1.54, 1.807) is 14.2 Å². The molecule has 0 amide bonds. The van der Waals surface area contributed by atoms with Crippen molar-refractivity contribution in [1.82, 2.24) is 0 Å². The zero-order valence-corrected chi connectivity index (χ0v) is 13.6. The molecule has 0 aliphatic rings. The molecule has 4 heteroatoms. The number of hydrogen-bond donors (Lipinski definition) is 0. The van der Waals surface area contributed by atoms with Crippen LogP contribution in [-0.4, -0.2) is 25.4 Å². The van der Waals surface area contributed by atoms with Gasteiger partial charge in [0.1, 0.15) is 11.5 Å². The number of benzene rings is 2. The minimum atomic E-state index is 0.0827. The molecule has 3 nitrogen and oxygen atoms in total. The molecule has 0 saturated carbocycles. The fourth-order valence-electron chi connectivity index (χ4n) is 2.31. The second-order valence-electron chi connectivity index (χ2n) is 4.98. The molecule has 0 radical (unpaired) electrons. The molecular formula is C18H19NO2S. The number of thiocarbonyl (C=S) groups is 1. The summed E-state index contributed by atoms with van der Waals surface area (Å²) in [5.74, 6) is 1.71. The van der Waals surface area contributed by atoms with Crippen molar-refractivity contribution in [2.75, 3.05) is 14.2 Å². The summed E-state index contributed by atoms with van der Waals surface area (Å²) in [5.41, 5.74) is 2.40. The fraction of sp³-hybridized carbons (Fsp3) is 0.278. The molecule has 0 aliphatic heterocycles. The van der Waals surface area contributed by atoms with Gasteiger partial charge in [-0.15, -0.1) is 0 Å². The van der Waals surface area contributed by atoms with Crippen molar-refractivity contribution in [3.05, 3.63) is 59.7 Å². The van der Waals surface area contributed by atoms with Gasteiger partial charge in [-0.1, -0.05) is 24.3 Å². The number of hydrogen-bond acceptors (Lipinski definition) is 4. The molecule has 0 aliphatic carbocycles. The van der Waals surface area contributed by atoms with Crippen LogP contribution in [-0.2, 0) is 12.8 Å². The molecule has 2 aromatic carbocycles. The van der Waals surface area contributed by atoms with E-state index in [0.717, 1.165) is 24.3 Å². The Morgan fingerprint density at radius 3 is 1.59 bits per heavy atom. The third-order valence-electron chi connectivity index (χ3n) is 3.50. The van der Waals surface area contributed by atoms with Crippen LogP contribution in [0.5, 0.6) is 11.5 Å². The maximum absolute atomic E-state index is 5.17. The van der Waals surface area contributed by atoms with Gasteiger partial charge in [0.15, 0.2) is 0 Å². The number of nitrogens with zero attached hydrogens (tertiary/aromatic N) is 1. The fourth-order valence-corrected chi connectivity index (χ4v) is 2.45. The standard InChI is InChI=1S/C18H19NO2S/c1-20-17-7-3-14(4-8-17)11-16(19-13-22)12-15-5-9-18(21-2)10-6-15/h3-10,16H,11-12H2,1-2H3. The third kappa shape index (κ3) is 4.69. The van der Waals surface area contributed by atoms with E-state index < -0.39 is 0 Å². The highest BCUT2D eigenvalue weighted by Gasteiger charge is 2.09. The molecule has 0 N–H and O–H groups in total. The molecule has 0 unspecified atom stereocenters. The van der Waals surface area contributed by atoms with Crippen LogP contribution in [0.2, 0.25) is 0 Å². The van der Waals surface area contributed by atoms with Crippen molar-refractivity contribution < 1.29 is 9.47 Å². The molecule has 0 fully saturated rings. The molecule has 0 heterocycles. The lowest BCUT2D eigenvalue weighted by atomic mass is 9.99. The average Bonchev–Trinajstić information content (AvgIpc) is 2.56. The predicted molar refractivity (Wildman–Crippen MR) is 92.2 cm³/mol. The van der Waals surface area contributed by atoms with Crippen LogP contribution in [0.1, 0.15) is 11.1 Å². The van der Waals surface area contributed by atoms with Gasteiger partial charge in [-0.25, -0.2) is 4.99 Å². The monoisotopic (exact) mass is 313 g/mol. The third-order valence-corrected chi connectivity index (χ3v) is 3.60. The normalized spacial score (nSPS) is 10.1. The van der Waals surface area contributed by atoms with E-state index in [9.17, 15) is 0 Å². The van der Waals surface area contributed by atoms with Gasteiger partial charge in [0, 0.05) is 0 Å². The van der Waals surface area contributed by atoms with E-state index in [4.69, 9.17) is 21.7 Å². The number of isothiocyanates is 1. The summed E-state index contributed by atoms with van der Waals surface area (Å²) >= 11 is 4.78. The van der Waals surface area contributed by atoms with Gasteiger partial charge < -0.3 is 9.47 Å². The number of rotatable bonds is 7. The summed E-state index contributed by atoms with van der Waals surface area (Å²) in [6.45, 7) is 0. The second-order valence-corrected chi connectivity index (χ2v) is 5.16. The van der Waals surface area contributed by atoms with E-state index in [2.05, 4.69) is 34.4 Å². The van der Waals surface area contributed by atoms with Gasteiger partial charge in [0.25, 0.3) is 0 Å². The Kier molecular flexibility index (Phi) is 6.13. The van der Waals surface area contributed by atoms with Gasteiger partial charge in [0.05, 0.1) is 25.4 Å². The molecular weight excluding hydrogens is 294 g/mol. The zero-order chi connectivity index (χ0) is 15.8. The van der Waals surface area contributed by atoms with Crippen molar-refractivity contribution in [1.29, 1.82) is 0 Å². The van der Waals surface area contributed by atoms with Gasteiger partial charge in [-0.3, -0.25) is 0 Å². The second kappa shape index (κ2) is 8.32. The molecule has 0 aromatic heterocycles. The largest absolute Gasteiger partial charge is 0.497 e. The minimum Gasteiger partial charge on any atom is -0.497 e. The lowest BCUT2D eigenvalue weighted by molar-refractivity contribution is 0.414. The van der Waals surface area contributed by atoms with Crippen LogP contribution < -0.4 is 9.47 Å². The quantitative estimate of drug-likeness (QED) is 0.572. The molecule has 0 atom stereocenters. The number of methoxy groups -OCH3 is 2. The molecule has 2 rings (SSSR count). The SMILES string of the molecule is COc1ccc(CC(Cc2ccc(OC)cc2)N=C=S)cc1. The molecule has 0 spiro atoms.